The molecule has 3 aromatic rings. The average molecular weight is 368 g/mol. The molecule has 0 aliphatic rings. The molecule has 7 nitrogen and oxygen atoms in total. The molecule has 7 heteroatoms. The van der Waals surface area contributed by atoms with Gasteiger partial charge in [0.1, 0.15) is 0 Å². The van der Waals surface area contributed by atoms with Gasteiger partial charge >= 0.3 is 6.09 Å². The van der Waals surface area contributed by atoms with E-state index in [9.17, 15) is 4.79 Å². The number of rotatable bonds is 5. The number of anilines is 1. The number of carbonyl (C=O) groups excluding carboxylic acids is 1. The lowest BCUT2D eigenvalue weighted by Crippen LogP contribution is -2.23. The van der Waals surface area contributed by atoms with Crippen molar-refractivity contribution in [3.05, 3.63) is 58.5 Å². The number of hydroxylamine groups is 1. The summed E-state index contributed by atoms with van der Waals surface area (Å²) in [5, 5.41) is 12.2. The van der Waals surface area contributed by atoms with Crippen LogP contribution in [0.25, 0.3) is 5.65 Å². The molecule has 0 saturated heterocycles. The lowest BCUT2D eigenvalue weighted by atomic mass is 10.00. The Morgan fingerprint density at radius 2 is 2.07 bits per heavy atom. The predicted molar refractivity (Wildman–Crippen MR) is 103 cm³/mol. The molecule has 2 heterocycles. The quantitative estimate of drug-likeness (QED) is 0.469. The second-order valence-corrected chi connectivity index (χ2v) is 6.49. The summed E-state index contributed by atoms with van der Waals surface area (Å²) < 4.78 is 6.98. The molecule has 1 aromatic carbocycles. The SMILES string of the molecule is CCc1cccc(C)c1CNc1cc(OC(=O)NO)cn2c(C)c(C)nc12. The Morgan fingerprint density at radius 3 is 2.78 bits per heavy atom. The number of aromatic nitrogens is 2. The second-order valence-electron chi connectivity index (χ2n) is 6.49. The smallest absolute Gasteiger partial charge is 0.407 e. The minimum Gasteiger partial charge on any atom is -0.407 e. The Labute approximate surface area is 158 Å². The van der Waals surface area contributed by atoms with Gasteiger partial charge in [-0.3, -0.25) is 9.61 Å². The van der Waals surface area contributed by atoms with Crippen molar-refractivity contribution in [2.45, 2.75) is 40.7 Å². The van der Waals surface area contributed by atoms with Crippen molar-refractivity contribution in [1.29, 1.82) is 0 Å². The van der Waals surface area contributed by atoms with Gasteiger partial charge in [0.2, 0.25) is 0 Å². The second kappa shape index (κ2) is 7.67. The maximum Gasteiger partial charge on any atom is 0.436 e. The fourth-order valence-corrected chi connectivity index (χ4v) is 3.19. The van der Waals surface area contributed by atoms with E-state index in [0.29, 0.717) is 12.3 Å². The lowest BCUT2D eigenvalue weighted by molar-refractivity contribution is 0.127. The molecule has 142 valence electrons. The third kappa shape index (κ3) is 3.73. The Bertz CT molecular complexity index is 995. The molecular formula is C20H24N4O3. The number of amides is 1. The molecule has 1 amide bonds. The molecular weight excluding hydrogens is 344 g/mol. The molecule has 0 unspecified atom stereocenters. The highest BCUT2D eigenvalue weighted by Gasteiger charge is 2.14. The third-order valence-electron chi connectivity index (χ3n) is 4.82. The van der Waals surface area contributed by atoms with Crippen LogP contribution in [-0.4, -0.2) is 20.7 Å². The van der Waals surface area contributed by atoms with Crippen LogP contribution in [0.4, 0.5) is 10.5 Å². The Hall–Kier alpha value is -3.06. The van der Waals surface area contributed by atoms with E-state index >= 15 is 0 Å². The van der Waals surface area contributed by atoms with Crippen LogP contribution < -0.4 is 15.5 Å². The van der Waals surface area contributed by atoms with Crippen LogP contribution in [0.15, 0.2) is 30.5 Å². The Morgan fingerprint density at radius 1 is 1.30 bits per heavy atom. The van der Waals surface area contributed by atoms with Crippen LogP contribution >= 0.6 is 0 Å². The largest absolute Gasteiger partial charge is 0.436 e. The lowest BCUT2D eigenvalue weighted by Gasteiger charge is -2.15. The zero-order chi connectivity index (χ0) is 19.6. The highest BCUT2D eigenvalue weighted by atomic mass is 16.6. The number of carbonyl (C=O) groups is 1. The first-order valence-electron chi connectivity index (χ1n) is 8.87. The van der Waals surface area contributed by atoms with Gasteiger partial charge in [-0.25, -0.2) is 15.3 Å². The summed E-state index contributed by atoms with van der Waals surface area (Å²) >= 11 is 0. The first-order chi connectivity index (χ1) is 12.9. The van der Waals surface area contributed by atoms with E-state index in [0.717, 1.165) is 29.1 Å². The van der Waals surface area contributed by atoms with Gasteiger partial charge in [0.25, 0.3) is 0 Å². The van der Waals surface area contributed by atoms with E-state index in [1.807, 2.05) is 18.2 Å². The van der Waals surface area contributed by atoms with Crippen molar-refractivity contribution in [2.75, 3.05) is 5.32 Å². The molecule has 3 N–H and O–H groups in total. The molecule has 0 aliphatic carbocycles. The van der Waals surface area contributed by atoms with E-state index in [2.05, 4.69) is 42.3 Å². The van der Waals surface area contributed by atoms with Crippen LogP contribution in [0.3, 0.4) is 0 Å². The van der Waals surface area contributed by atoms with Gasteiger partial charge in [0, 0.05) is 18.3 Å². The maximum absolute atomic E-state index is 11.4. The van der Waals surface area contributed by atoms with E-state index in [-0.39, 0.29) is 0 Å². The van der Waals surface area contributed by atoms with E-state index in [4.69, 9.17) is 9.94 Å². The van der Waals surface area contributed by atoms with Gasteiger partial charge in [0.15, 0.2) is 11.4 Å². The summed E-state index contributed by atoms with van der Waals surface area (Å²) in [5.74, 6) is 0.303. The fraction of sp³-hybridized carbons (Fsp3) is 0.300. The van der Waals surface area contributed by atoms with Gasteiger partial charge in [-0.1, -0.05) is 25.1 Å². The van der Waals surface area contributed by atoms with Crippen molar-refractivity contribution in [3.8, 4) is 5.75 Å². The highest BCUT2D eigenvalue weighted by molar-refractivity contribution is 5.74. The van der Waals surface area contributed by atoms with Crippen LogP contribution in [0.1, 0.15) is 35.0 Å². The number of ether oxygens (including phenoxy) is 1. The summed E-state index contributed by atoms with van der Waals surface area (Å²) in [4.78, 5) is 16.0. The predicted octanol–water partition coefficient (Wildman–Crippen LogP) is 3.91. The summed E-state index contributed by atoms with van der Waals surface area (Å²) in [5.41, 5.74) is 8.59. The number of hydrogen-bond donors (Lipinski definition) is 3. The summed E-state index contributed by atoms with van der Waals surface area (Å²) in [7, 11) is 0. The van der Waals surface area contributed by atoms with E-state index < -0.39 is 6.09 Å². The minimum atomic E-state index is -0.943. The molecule has 0 saturated carbocycles. The summed E-state index contributed by atoms with van der Waals surface area (Å²) in [6, 6.07) is 8.01. The number of fused-ring (bicyclic) bond motifs is 1. The van der Waals surface area contributed by atoms with Gasteiger partial charge < -0.3 is 10.1 Å². The normalized spacial score (nSPS) is 10.9. The molecule has 2 aromatic heterocycles. The zero-order valence-corrected chi connectivity index (χ0v) is 16.0. The first-order valence-corrected chi connectivity index (χ1v) is 8.87. The zero-order valence-electron chi connectivity index (χ0n) is 16.0. The van der Waals surface area contributed by atoms with Crippen molar-refractivity contribution in [3.63, 3.8) is 0 Å². The van der Waals surface area contributed by atoms with E-state index in [1.54, 1.807) is 12.3 Å². The number of pyridine rings is 1. The molecule has 0 radical (unpaired) electrons. The topological polar surface area (TPSA) is 87.9 Å². The third-order valence-corrected chi connectivity index (χ3v) is 4.82. The first kappa shape index (κ1) is 18.7. The standard InChI is InChI=1S/C20H24N4O3/c1-5-15-8-6-7-12(2)17(15)10-21-18-9-16(27-20(25)23-26)11-24-14(4)13(3)22-19(18)24/h6-9,11,21,26H,5,10H2,1-4H3,(H,23,25). The molecule has 0 fully saturated rings. The van der Waals surface area contributed by atoms with Crippen molar-refractivity contribution < 1.29 is 14.7 Å². The molecule has 0 aliphatic heterocycles. The van der Waals surface area contributed by atoms with Crippen molar-refractivity contribution >= 4 is 17.4 Å². The van der Waals surface area contributed by atoms with Crippen molar-refractivity contribution in [2.24, 2.45) is 0 Å². The number of nitrogens with one attached hydrogen (secondary N) is 2. The molecule has 27 heavy (non-hydrogen) atoms. The van der Waals surface area contributed by atoms with Gasteiger partial charge in [-0.2, -0.15) is 0 Å². The summed E-state index contributed by atoms with van der Waals surface area (Å²) in [6.07, 6.45) is 1.69. The van der Waals surface area contributed by atoms with Crippen LogP contribution in [0.5, 0.6) is 5.75 Å². The highest BCUT2D eigenvalue weighted by Crippen LogP contribution is 2.27. The fourth-order valence-electron chi connectivity index (χ4n) is 3.19. The molecule has 0 spiro atoms. The number of aryl methyl sites for hydroxylation is 4. The monoisotopic (exact) mass is 368 g/mol. The Balaban J connectivity index is 2.00. The van der Waals surface area contributed by atoms with Crippen LogP contribution in [0.2, 0.25) is 0 Å². The van der Waals surface area contributed by atoms with E-state index in [1.165, 1.54) is 22.2 Å². The van der Waals surface area contributed by atoms with Crippen molar-refractivity contribution in [1.82, 2.24) is 14.9 Å². The Kier molecular flexibility index (Phi) is 5.32. The number of benzene rings is 1. The average Bonchev–Trinajstić information content (AvgIpc) is 2.95. The number of nitrogens with zero attached hydrogens (tertiary/aromatic N) is 2. The maximum atomic E-state index is 11.4. The van der Waals surface area contributed by atoms with Gasteiger partial charge in [0.05, 0.1) is 17.6 Å². The molecule has 0 bridgehead atoms. The summed E-state index contributed by atoms with van der Waals surface area (Å²) in [6.45, 7) is 8.75. The number of imidazole rings is 1. The van der Waals surface area contributed by atoms with Gasteiger partial charge in [-0.05, 0) is 43.9 Å². The molecule has 0 atom stereocenters. The van der Waals surface area contributed by atoms with Gasteiger partial charge in [-0.15, -0.1) is 0 Å². The van der Waals surface area contributed by atoms with Crippen LogP contribution in [-0.2, 0) is 13.0 Å². The molecule has 3 rings (SSSR count). The van der Waals surface area contributed by atoms with Crippen LogP contribution in [0, 0.1) is 20.8 Å². The minimum absolute atomic E-state index is 0.303. The number of hydrogen-bond acceptors (Lipinski definition) is 5.